The highest BCUT2D eigenvalue weighted by Crippen LogP contribution is 2.09. The van der Waals surface area contributed by atoms with Gasteiger partial charge in [0.15, 0.2) is 0 Å². The summed E-state index contributed by atoms with van der Waals surface area (Å²) in [5, 5.41) is 0. The first-order chi connectivity index (χ1) is 7.74. The smallest absolute Gasteiger partial charge is 0.0674 e. The van der Waals surface area contributed by atoms with Gasteiger partial charge < -0.3 is 10.5 Å². The lowest BCUT2D eigenvalue weighted by atomic mass is 10.1. The summed E-state index contributed by atoms with van der Waals surface area (Å²) in [5.74, 6) is 0. The summed E-state index contributed by atoms with van der Waals surface area (Å²) < 4.78 is 5.52. The van der Waals surface area contributed by atoms with Crippen LogP contribution in [-0.2, 0) is 11.2 Å². The Hall–Kier alpha value is -1.06. The summed E-state index contributed by atoms with van der Waals surface area (Å²) in [7, 11) is 0. The normalized spacial score (nSPS) is 22.2. The zero-order valence-electron chi connectivity index (χ0n) is 9.86. The standard InChI is InChI=1S/C13H20N2O/c1-11-10-15(8-9-16-11)7-6-12-2-4-13(14)5-3-12/h2-5,11H,6-10,14H2,1H3. The first-order valence-electron chi connectivity index (χ1n) is 5.92. The number of hydrogen-bond donors (Lipinski definition) is 1. The van der Waals surface area contributed by atoms with Crippen LogP contribution in [0.4, 0.5) is 5.69 Å². The second-order valence-corrected chi connectivity index (χ2v) is 4.47. The molecular formula is C13H20N2O. The van der Waals surface area contributed by atoms with E-state index < -0.39 is 0 Å². The van der Waals surface area contributed by atoms with E-state index in [-0.39, 0.29) is 0 Å². The lowest BCUT2D eigenvalue weighted by Gasteiger charge is -2.31. The molecule has 1 fully saturated rings. The number of morpholine rings is 1. The fourth-order valence-corrected chi connectivity index (χ4v) is 2.07. The van der Waals surface area contributed by atoms with Crippen molar-refractivity contribution < 1.29 is 4.74 Å². The highest BCUT2D eigenvalue weighted by molar-refractivity contribution is 5.39. The minimum Gasteiger partial charge on any atom is -0.399 e. The van der Waals surface area contributed by atoms with E-state index in [2.05, 4.69) is 24.0 Å². The molecular weight excluding hydrogens is 200 g/mol. The van der Waals surface area contributed by atoms with E-state index in [1.165, 1.54) is 5.56 Å². The van der Waals surface area contributed by atoms with Gasteiger partial charge in [-0.25, -0.2) is 0 Å². The molecule has 1 heterocycles. The average Bonchev–Trinajstić information content (AvgIpc) is 2.28. The van der Waals surface area contributed by atoms with Gasteiger partial charge in [0.05, 0.1) is 12.7 Å². The van der Waals surface area contributed by atoms with Crippen LogP contribution in [0.2, 0.25) is 0 Å². The molecule has 1 aromatic rings. The van der Waals surface area contributed by atoms with E-state index in [0.29, 0.717) is 6.10 Å². The Morgan fingerprint density at radius 1 is 1.38 bits per heavy atom. The molecule has 0 bridgehead atoms. The minimum atomic E-state index is 0.375. The first-order valence-corrected chi connectivity index (χ1v) is 5.92. The van der Waals surface area contributed by atoms with Crippen molar-refractivity contribution in [3.63, 3.8) is 0 Å². The largest absolute Gasteiger partial charge is 0.399 e. The Balaban J connectivity index is 1.80. The van der Waals surface area contributed by atoms with Crippen LogP contribution in [0, 0.1) is 0 Å². The van der Waals surface area contributed by atoms with Gasteiger partial charge in [-0.05, 0) is 31.0 Å². The van der Waals surface area contributed by atoms with Crippen LogP contribution in [-0.4, -0.2) is 37.2 Å². The lowest BCUT2D eigenvalue weighted by Crippen LogP contribution is -2.41. The Morgan fingerprint density at radius 3 is 2.81 bits per heavy atom. The summed E-state index contributed by atoms with van der Waals surface area (Å²) in [5.41, 5.74) is 7.85. The van der Waals surface area contributed by atoms with Gasteiger partial charge in [0, 0.05) is 25.3 Å². The molecule has 2 rings (SSSR count). The summed E-state index contributed by atoms with van der Waals surface area (Å²) in [6.45, 7) is 6.21. The van der Waals surface area contributed by atoms with Gasteiger partial charge in [-0.15, -0.1) is 0 Å². The molecule has 1 aliphatic rings. The third-order valence-corrected chi connectivity index (χ3v) is 3.02. The third kappa shape index (κ3) is 3.22. The maximum Gasteiger partial charge on any atom is 0.0674 e. The number of hydrogen-bond acceptors (Lipinski definition) is 3. The SMILES string of the molecule is CC1CN(CCc2ccc(N)cc2)CCO1. The molecule has 0 aromatic heterocycles. The van der Waals surface area contributed by atoms with Crippen molar-refractivity contribution in [1.29, 1.82) is 0 Å². The number of nitrogens with zero attached hydrogens (tertiary/aromatic N) is 1. The minimum absolute atomic E-state index is 0.375. The Labute approximate surface area is 97.2 Å². The van der Waals surface area contributed by atoms with Gasteiger partial charge in [-0.2, -0.15) is 0 Å². The second kappa shape index (κ2) is 5.32. The molecule has 1 saturated heterocycles. The van der Waals surface area contributed by atoms with Crippen LogP contribution in [0.3, 0.4) is 0 Å². The molecule has 1 aliphatic heterocycles. The molecule has 0 radical (unpaired) electrons. The van der Waals surface area contributed by atoms with Gasteiger partial charge in [0.1, 0.15) is 0 Å². The molecule has 0 spiro atoms. The van der Waals surface area contributed by atoms with Crippen LogP contribution in [0.15, 0.2) is 24.3 Å². The van der Waals surface area contributed by atoms with Gasteiger partial charge in [0.2, 0.25) is 0 Å². The number of nitrogens with two attached hydrogens (primary N) is 1. The Bertz CT molecular complexity index is 323. The van der Waals surface area contributed by atoms with Crippen molar-refractivity contribution >= 4 is 5.69 Å². The maximum absolute atomic E-state index is 5.66. The zero-order valence-corrected chi connectivity index (χ0v) is 9.86. The lowest BCUT2D eigenvalue weighted by molar-refractivity contribution is -0.0177. The summed E-state index contributed by atoms with van der Waals surface area (Å²) in [4.78, 5) is 2.46. The third-order valence-electron chi connectivity index (χ3n) is 3.02. The van der Waals surface area contributed by atoms with Crippen LogP contribution >= 0.6 is 0 Å². The van der Waals surface area contributed by atoms with E-state index >= 15 is 0 Å². The quantitative estimate of drug-likeness (QED) is 0.785. The van der Waals surface area contributed by atoms with Gasteiger partial charge >= 0.3 is 0 Å². The second-order valence-electron chi connectivity index (χ2n) is 4.47. The molecule has 2 N–H and O–H groups in total. The van der Waals surface area contributed by atoms with E-state index in [1.807, 2.05) is 12.1 Å². The number of benzene rings is 1. The summed E-state index contributed by atoms with van der Waals surface area (Å²) in [6.07, 6.45) is 1.47. The van der Waals surface area contributed by atoms with Crippen molar-refractivity contribution in [3.8, 4) is 0 Å². The van der Waals surface area contributed by atoms with E-state index in [1.54, 1.807) is 0 Å². The molecule has 0 amide bonds. The zero-order chi connectivity index (χ0) is 11.4. The van der Waals surface area contributed by atoms with E-state index in [4.69, 9.17) is 10.5 Å². The molecule has 88 valence electrons. The highest BCUT2D eigenvalue weighted by atomic mass is 16.5. The highest BCUT2D eigenvalue weighted by Gasteiger charge is 2.15. The predicted octanol–water partition coefficient (Wildman–Crippen LogP) is 1.53. The van der Waals surface area contributed by atoms with Crippen molar-refractivity contribution in [3.05, 3.63) is 29.8 Å². The molecule has 1 aromatic carbocycles. The van der Waals surface area contributed by atoms with E-state index in [9.17, 15) is 0 Å². The Kier molecular flexibility index (Phi) is 3.80. The number of anilines is 1. The van der Waals surface area contributed by atoms with Gasteiger partial charge in [-0.3, -0.25) is 4.90 Å². The van der Waals surface area contributed by atoms with Crippen molar-refractivity contribution in [2.75, 3.05) is 32.0 Å². The molecule has 0 aliphatic carbocycles. The fourth-order valence-electron chi connectivity index (χ4n) is 2.07. The van der Waals surface area contributed by atoms with E-state index in [0.717, 1.165) is 38.3 Å². The van der Waals surface area contributed by atoms with Crippen LogP contribution < -0.4 is 5.73 Å². The fraction of sp³-hybridized carbons (Fsp3) is 0.538. The van der Waals surface area contributed by atoms with Gasteiger partial charge in [-0.1, -0.05) is 12.1 Å². The molecule has 16 heavy (non-hydrogen) atoms. The van der Waals surface area contributed by atoms with Crippen molar-refractivity contribution in [2.24, 2.45) is 0 Å². The van der Waals surface area contributed by atoms with Crippen molar-refractivity contribution in [1.82, 2.24) is 4.90 Å². The monoisotopic (exact) mass is 220 g/mol. The molecule has 1 atom stereocenters. The van der Waals surface area contributed by atoms with Crippen LogP contribution in [0.25, 0.3) is 0 Å². The topological polar surface area (TPSA) is 38.5 Å². The predicted molar refractivity (Wildman–Crippen MR) is 66.4 cm³/mol. The molecule has 0 saturated carbocycles. The number of nitrogen functional groups attached to an aromatic ring is 1. The maximum atomic E-state index is 5.66. The summed E-state index contributed by atoms with van der Waals surface area (Å²) in [6, 6.07) is 8.16. The molecule has 1 unspecified atom stereocenters. The first kappa shape index (κ1) is 11.4. The van der Waals surface area contributed by atoms with Crippen LogP contribution in [0.1, 0.15) is 12.5 Å². The number of ether oxygens (including phenoxy) is 1. The molecule has 3 nitrogen and oxygen atoms in total. The van der Waals surface area contributed by atoms with Gasteiger partial charge in [0.25, 0.3) is 0 Å². The van der Waals surface area contributed by atoms with Crippen LogP contribution in [0.5, 0.6) is 0 Å². The molecule has 3 heteroatoms. The summed E-state index contributed by atoms with van der Waals surface area (Å²) >= 11 is 0. The average molecular weight is 220 g/mol. The van der Waals surface area contributed by atoms with Crippen molar-refractivity contribution in [2.45, 2.75) is 19.4 Å². The Morgan fingerprint density at radius 2 is 2.12 bits per heavy atom. The number of rotatable bonds is 3.